The van der Waals surface area contributed by atoms with Gasteiger partial charge in [-0.25, -0.2) is 9.97 Å². The molecular formula is C22H23F3N4O3. The first kappa shape index (κ1) is 22.0. The second-order valence-corrected chi connectivity index (χ2v) is 8.21. The predicted molar refractivity (Wildman–Crippen MR) is 109 cm³/mol. The number of nitrogens with zero attached hydrogens (tertiary/aromatic N) is 3. The first-order valence-electron chi connectivity index (χ1n) is 10.4. The van der Waals surface area contributed by atoms with Crippen molar-refractivity contribution in [2.75, 3.05) is 11.9 Å². The Kier molecular flexibility index (Phi) is 5.79. The number of rotatable bonds is 6. The Morgan fingerprint density at radius 2 is 2.09 bits per heavy atom. The maximum absolute atomic E-state index is 13.0. The van der Waals surface area contributed by atoms with Crippen LogP contribution in [0.1, 0.15) is 59.3 Å². The lowest BCUT2D eigenvalue weighted by Crippen LogP contribution is -2.29. The molecule has 1 fully saturated rings. The smallest absolute Gasteiger partial charge is 0.422 e. The van der Waals surface area contributed by atoms with Crippen LogP contribution in [0.25, 0.3) is 0 Å². The summed E-state index contributed by atoms with van der Waals surface area (Å²) in [5.41, 5.74) is 2.24. The second kappa shape index (κ2) is 8.40. The first-order valence-corrected chi connectivity index (χ1v) is 10.4. The van der Waals surface area contributed by atoms with Gasteiger partial charge in [-0.3, -0.25) is 9.59 Å². The highest BCUT2D eigenvalue weighted by Gasteiger charge is 2.35. The molecule has 0 radical (unpaired) electrons. The summed E-state index contributed by atoms with van der Waals surface area (Å²) >= 11 is 0. The van der Waals surface area contributed by atoms with Gasteiger partial charge in [-0.05, 0) is 44.4 Å². The van der Waals surface area contributed by atoms with Crippen LogP contribution in [0.3, 0.4) is 0 Å². The van der Waals surface area contributed by atoms with E-state index >= 15 is 0 Å². The van der Waals surface area contributed by atoms with E-state index in [-0.39, 0.29) is 30.2 Å². The zero-order valence-corrected chi connectivity index (χ0v) is 17.7. The highest BCUT2D eigenvalue weighted by molar-refractivity contribution is 6.01. The fourth-order valence-corrected chi connectivity index (χ4v) is 3.85. The molecule has 170 valence electrons. The number of nitrogens with one attached hydrogen (secondary N) is 1. The molecule has 2 amide bonds. The van der Waals surface area contributed by atoms with E-state index in [0.717, 1.165) is 19.3 Å². The number of amides is 2. The number of hydrogen-bond acceptors (Lipinski definition) is 5. The van der Waals surface area contributed by atoms with E-state index in [1.165, 1.54) is 12.4 Å². The summed E-state index contributed by atoms with van der Waals surface area (Å²) in [7, 11) is 0. The van der Waals surface area contributed by atoms with Crippen molar-refractivity contribution in [1.29, 1.82) is 0 Å². The lowest BCUT2D eigenvalue weighted by molar-refractivity contribution is -0.154. The Hall–Kier alpha value is -3.17. The Morgan fingerprint density at radius 1 is 1.34 bits per heavy atom. The predicted octanol–water partition coefficient (Wildman–Crippen LogP) is 4.18. The number of carbonyl (C=O) groups excluding carboxylic acids is 2. The van der Waals surface area contributed by atoms with Gasteiger partial charge < -0.3 is 15.0 Å². The Bertz CT molecular complexity index is 1050. The van der Waals surface area contributed by atoms with E-state index < -0.39 is 18.8 Å². The summed E-state index contributed by atoms with van der Waals surface area (Å²) in [5, 5.41) is 2.86. The number of hydrogen-bond donors (Lipinski definition) is 1. The summed E-state index contributed by atoms with van der Waals surface area (Å²) < 4.78 is 42.0. The fourth-order valence-electron chi connectivity index (χ4n) is 3.85. The number of carbonyl (C=O) groups is 2. The van der Waals surface area contributed by atoms with Gasteiger partial charge >= 0.3 is 6.18 Å². The van der Waals surface area contributed by atoms with Crippen LogP contribution in [0.5, 0.6) is 5.88 Å². The molecule has 0 spiro atoms. The monoisotopic (exact) mass is 448 g/mol. The van der Waals surface area contributed by atoms with Gasteiger partial charge in [-0.2, -0.15) is 13.2 Å². The third-order valence-electron chi connectivity index (χ3n) is 5.97. The molecule has 7 nitrogen and oxygen atoms in total. The zero-order valence-electron chi connectivity index (χ0n) is 17.7. The Balaban J connectivity index is 1.50. The fraction of sp³-hybridized carbons (Fsp3) is 0.455. The number of aryl methyl sites for hydroxylation is 1. The number of anilines is 1. The molecule has 10 heteroatoms. The second-order valence-electron chi connectivity index (χ2n) is 8.21. The molecule has 3 heterocycles. The average Bonchev–Trinajstić information content (AvgIpc) is 3.02. The molecular weight excluding hydrogens is 425 g/mol. The average molecular weight is 448 g/mol. The molecule has 1 aliphatic carbocycles. The number of aromatic nitrogens is 2. The summed E-state index contributed by atoms with van der Waals surface area (Å²) in [6, 6.07) is 2.89. The van der Waals surface area contributed by atoms with Crippen LogP contribution in [0.4, 0.5) is 19.0 Å². The third kappa shape index (κ3) is 4.39. The van der Waals surface area contributed by atoms with Crippen LogP contribution in [0.15, 0.2) is 24.5 Å². The van der Waals surface area contributed by atoms with Crippen LogP contribution >= 0.6 is 0 Å². The molecule has 2 aromatic heterocycles. The van der Waals surface area contributed by atoms with Crippen LogP contribution in [0.2, 0.25) is 0 Å². The van der Waals surface area contributed by atoms with Gasteiger partial charge in [0.05, 0.1) is 12.6 Å². The molecule has 0 bridgehead atoms. The topological polar surface area (TPSA) is 84.4 Å². The van der Waals surface area contributed by atoms with E-state index in [1.54, 1.807) is 24.0 Å². The number of halogens is 3. The van der Waals surface area contributed by atoms with E-state index in [1.807, 2.05) is 6.92 Å². The van der Waals surface area contributed by atoms with Gasteiger partial charge in [-0.1, -0.05) is 6.42 Å². The first-order chi connectivity index (χ1) is 15.1. The molecule has 1 unspecified atom stereocenters. The van der Waals surface area contributed by atoms with Crippen molar-refractivity contribution in [3.8, 4) is 5.88 Å². The normalized spacial score (nSPS) is 17.0. The largest absolute Gasteiger partial charge is 0.468 e. The van der Waals surface area contributed by atoms with Crippen molar-refractivity contribution in [2.45, 2.75) is 51.9 Å². The van der Waals surface area contributed by atoms with Gasteiger partial charge in [0.15, 0.2) is 6.61 Å². The van der Waals surface area contributed by atoms with Crippen LogP contribution in [-0.4, -0.2) is 39.5 Å². The standard InChI is InChI=1S/C22H23F3N4O3/c1-12-8-15(9-27-20(12)32-11-22(23,24)25)13(2)29-10-17-16(21(29)31)6-7-26-18(17)28-19(30)14-4-3-5-14/h6-9,13-14H,3-5,10-11H2,1-2H3,(H,26,28,30). The van der Waals surface area contributed by atoms with E-state index in [0.29, 0.717) is 28.1 Å². The summed E-state index contributed by atoms with van der Waals surface area (Å²) in [6.07, 6.45) is 1.22. The van der Waals surface area contributed by atoms with Crippen molar-refractivity contribution in [3.05, 3.63) is 46.8 Å². The number of pyridine rings is 2. The minimum Gasteiger partial charge on any atom is -0.468 e. The molecule has 2 aliphatic rings. The van der Waals surface area contributed by atoms with Crippen LogP contribution in [0, 0.1) is 12.8 Å². The van der Waals surface area contributed by atoms with E-state index in [9.17, 15) is 22.8 Å². The number of alkyl halides is 3. The van der Waals surface area contributed by atoms with Crippen molar-refractivity contribution in [3.63, 3.8) is 0 Å². The van der Waals surface area contributed by atoms with Crippen molar-refractivity contribution >= 4 is 17.6 Å². The Morgan fingerprint density at radius 3 is 2.72 bits per heavy atom. The molecule has 1 N–H and O–H groups in total. The summed E-state index contributed by atoms with van der Waals surface area (Å²) in [4.78, 5) is 35.3. The highest BCUT2D eigenvalue weighted by Crippen LogP contribution is 2.35. The molecule has 1 saturated carbocycles. The SMILES string of the molecule is Cc1cc(C(C)N2Cc3c(ccnc3NC(=O)C3CCC3)C2=O)cnc1OCC(F)(F)F. The quantitative estimate of drug-likeness (QED) is 0.717. The van der Waals surface area contributed by atoms with Crippen molar-refractivity contribution in [2.24, 2.45) is 5.92 Å². The molecule has 2 aromatic rings. The van der Waals surface area contributed by atoms with Gasteiger partial charge in [0.1, 0.15) is 5.82 Å². The summed E-state index contributed by atoms with van der Waals surface area (Å²) in [5.74, 6) is 0.00790. The van der Waals surface area contributed by atoms with Gasteiger partial charge in [0, 0.05) is 35.0 Å². The van der Waals surface area contributed by atoms with E-state index in [2.05, 4.69) is 15.3 Å². The molecule has 1 aliphatic heterocycles. The minimum atomic E-state index is -4.45. The van der Waals surface area contributed by atoms with Crippen molar-refractivity contribution in [1.82, 2.24) is 14.9 Å². The number of fused-ring (bicyclic) bond motifs is 1. The number of ether oxygens (including phenoxy) is 1. The highest BCUT2D eigenvalue weighted by atomic mass is 19.4. The third-order valence-corrected chi connectivity index (χ3v) is 5.97. The van der Waals surface area contributed by atoms with Gasteiger partial charge in [0.2, 0.25) is 11.8 Å². The molecule has 0 saturated heterocycles. The van der Waals surface area contributed by atoms with Gasteiger partial charge in [0.25, 0.3) is 5.91 Å². The van der Waals surface area contributed by atoms with E-state index in [4.69, 9.17) is 4.74 Å². The van der Waals surface area contributed by atoms with Crippen molar-refractivity contribution < 1.29 is 27.5 Å². The Labute approximate surface area is 183 Å². The zero-order chi connectivity index (χ0) is 23.0. The molecule has 1 atom stereocenters. The van der Waals surface area contributed by atoms with Crippen LogP contribution in [-0.2, 0) is 11.3 Å². The summed E-state index contributed by atoms with van der Waals surface area (Å²) in [6.45, 7) is 2.26. The lowest BCUT2D eigenvalue weighted by atomic mass is 9.85. The van der Waals surface area contributed by atoms with Crippen LogP contribution < -0.4 is 10.1 Å². The maximum atomic E-state index is 13.0. The molecule has 32 heavy (non-hydrogen) atoms. The minimum absolute atomic E-state index is 0.00748. The van der Waals surface area contributed by atoms with Gasteiger partial charge in [-0.15, -0.1) is 0 Å². The molecule has 4 rings (SSSR count). The maximum Gasteiger partial charge on any atom is 0.422 e. The lowest BCUT2D eigenvalue weighted by Gasteiger charge is -2.25. The molecule has 0 aromatic carbocycles.